The molecular weight excluding hydrogens is 408 g/mol. The second kappa shape index (κ2) is 7.28. The van der Waals surface area contributed by atoms with Crippen LogP contribution in [0.1, 0.15) is 33.8 Å². The van der Waals surface area contributed by atoms with Gasteiger partial charge in [-0.05, 0) is 53.0 Å². The molecule has 3 rings (SSSR count). The number of amides is 2. The van der Waals surface area contributed by atoms with Crippen molar-refractivity contribution in [2.45, 2.75) is 18.9 Å². The molecule has 0 saturated carbocycles. The number of carbonyl (C=O) groups excluding carboxylic acids is 2. The Bertz CT molecular complexity index is 819. The van der Waals surface area contributed by atoms with Gasteiger partial charge in [0.25, 0.3) is 11.8 Å². The highest BCUT2D eigenvalue weighted by Crippen LogP contribution is 2.35. The van der Waals surface area contributed by atoms with Crippen LogP contribution in [0.3, 0.4) is 0 Å². The zero-order valence-corrected chi connectivity index (χ0v) is 15.2. The molecule has 0 spiro atoms. The van der Waals surface area contributed by atoms with Crippen molar-refractivity contribution in [3.63, 3.8) is 0 Å². The van der Waals surface area contributed by atoms with Crippen LogP contribution in [-0.4, -0.2) is 51.2 Å². The topological polar surface area (TPSA) is 123 Å². The Balaban J connectivity index is 1.57. The van der Waals surface area contributed by atoms with E-state index >= 15 is 0 Å². The van der Waals surface area contributed by atoms with Gasteiger partial charge in [0.2, 0.25) is 0 Å². The van der Waals surface area contributed by atoms with Crippen LogP contribution in [0.5, 0.6) is 17.2 Å². The fraction of sp³-hybridized carbons (Fsp3) is 0.294. The number of piperidine rings is 1. The average molecular weight is 425 g/mol. The lowest BCUT2D eigenvalue weighted by atomic mass is 10.0. The number of rotatable bonds is 3. The van der Waals surface area contributed by atoms with E-state index in [2.05, 4.69) is 21.2 Å². The van der Waals surface area contributed by atoms with Gasteiger partial charge in [-0.1, -0.05) is 0 Å². The van der Waals surface area contributed by atoms with E-state index in [1.54, 1.807) is 17.0 Å². The van der Waals surface area contributed by atoms with Gasteiger partial charge in [0.1, 0.15) is 0 Å². The van der Waals surface area contributed by atoms with Gasteiger partial charge in [0.05, 0.1) is 0 Å². The van der Waals surface area contributed by atoms with Crippen molar-refractivity contribution in [3.05, 3.63) is 40.3 Å². The molecule has 1 aliphatic heterocycles. The molecule has 1 aromatic carbocycles. The Hall–Kier alpha value is -2.68. The predicted molar refractivity (Wildman–Crippen MR) is 94.2 cm³/mol. The molecule has 0 atom stereocenters. The summed E-state index contributed by atoms with van der Waals surface area (Å²) in [4.78, 5) is 26.2. The lowest BCUT2D eigenvalue weighted by molar-refractivity contribution is 0.0666. The van der Waals surface area contributed by atoms with E-state index in [4.69, 9.17) is 4.42 Å². The summed E-state index contributed by atoms with van der Waals surface area (Å²) in [7, 11) is 0. The van der Waals surface area contributed by atoms with Crippen molar-refractivity contribution in [2.24, 2.45) is 0 Å². The minimum absolute atomic E-state index is 0.0386. The first kappa shape index (κ1) is 18.1. The molecule has 2 heterocycles. The maximum atomic E-state index is 12.3. The molecule has 0 bridgehead atoms. The average Bonchev–Trinajstić information content (AvgIpc) is 3.05. The van der Waals surface area contributed by atoms with Gasteiger partial charge in [-0.15, -0.1) is 0 Å². The van der Waals surface area contributed by atoms with Crippen LogP contribution in [0.2, 0.25) is 0 Å². The van der Waals surface area contributed by atoms with Gasteiger partial charge in [0, 0.05) is 24.7 Å². The molecule has 1 saturated heterocycles. The zero-order valence-electron chi connectivity index (χ0n) is 13.6. The molecule has 0 unspecified atom stereocenters. The first-order valence-corrected chi connectivity index (χ1v) is 8.75. The number of furan rings is 1. The highest BCUT2D eigenvalue weighted by Gasteiger charge is 2.26. The lowest BCUT2D eigenvalue weighted by Crippen LogP contribution is -2.46. The smallest absolute Gasteiger partial charge is 0.289 e. The van der Waals surface area contributed by atoms with E-state index in [1.807, 2.05) is 0 Å². The number of hydrogen-bond acceptors (Lipinski definition) is 6. The van der Waals surface area contributed by atoms with Gasteiger partial charge in [-0.3, -0.25) is 9.59 Å². The number of phenols is 3. The summed E-state index contributed by atoms with van der Waals surface area (Å²) in [6.45, 7) is 0.933. The van der Waals surface area contributed by atoms with Gasteiger partial charge in [0.15, 0.2) is 27.7 Å². The van der Waals surface area contributed by atoms with Crippen LogP contribution < -0.4 is 5.32 Å². The standard InChI is InChI=1S/C17H17BrN2O6/c18-14-2-1-13(26-14)17(25)20-5-3-10(4-6-20)19-16(24)9-7-11(21)15(23)12(22)8-9/h1-2,7-8,10,21-23H,3-6H2,(H,19,24). The van der Waals surface area contributed by atoms with E-state index in [1.165, 1.54) is 0 Å². The lowest BCUT2D eigenvalue weighted by Gasteiger charge is -2.31. The van der Waals surface area contributed by atoms with Crippen LogP contribution in [-0.2, 0) is 0 Å². The first-order chi connectivity index (χ1) is 12.3. The first-order valence-electron chi connectivity index (χ1n) is 7.95. The van der Waals surface area contributed by atoms with E-state index < -0.39 is 23.2 Å². The number of hydrogen-bond donors (Lipinski definition) is 4. The molecular formula is C17H17BrN2O6. The molecule has 138 valence electrons. The quantitative estimate of drug-likeness (QED) is 0.560. The fourth-order valence-corrected chi connectivity index (χ4v) is 3.12. The largest absolute Gasteiger partial charge is 0.504 e. The number of likely N-dealkylation sites (tertiary alicyclic amines) is 1. The van der Waals surface area contributed by atoms with Crippen molar-refractivity contribution in [3.8, 4) is 17.2 Å². The molecule has 4 N–H and O–H groups in total. The third-order valence-electron chi connectivity index (χ3n) is 4.23. The Morgan fingerprint density at radius 1 is 1.12 bits per heavy atom. The number of nitrogens with one attached hydrogen (secondary N) is 1. The molecule has 9 heteroatoms. The SMILES string of the molecule is O=C(NC1CCN(C(=O)c2ccc(Br)o2)CC1)c1cc(O)c(O)c(O)c1. The van der Waals surface area contributed by atoms with Crippen molar-refractivity contribution >= 4 is 27.7 Å². The van der Waals surface area contributed by atoms with Crippen LogP contribution >= 0.6 is 15.9 Å². The number of benzene rings is 1. The third-order valence-corrected chi connectivity index (χ3v) is 4.66. The summed E-state index contributed by atoms with van der Waals surface area (Å²) < 4.78 is 5.76. The Labute approximate surface area is 157 Å². The minimum atomic E-state index is -0.669. The van der Waals surface area contributed by atoms with Crippen LogP contribution in [0.4, 0.5) is 0 Å². The van der Waals surface area contributed by atoms with E-state index in [-0.39, 0.29) is 23.3 Å². The van der Waals surface area contributed by atoms with Crippen LogP contribution in [0.25, 0.3) is 0 Å². The van der Waals surface area contributed by atoms with Crippen molar-refractivity contribution in [1.29, 1.82) is 0 Å². The second-order valence-electron chi connectivity index (χ2n) is 6.01. The number of phenolic OH excluding ortho intramolecular Hbond substituents is 3. The van der Waals surface area contributed by atoms with E-state index in [0.717, 1.165) is 12.1 Å². The molecule has 26 heavy (non-hydrogen) atoms. The zero-order chi connectivity index (χ0) is 18.8. The number of aromatic hydroxyl groups is 3. The fourth-order valence-electron chi connectivity index (χ4n) is 2.82. The van der Waals surface area contributed by atoms with Crippen molar-refractivity contribution < 1.29 is 29.3 Å². The van der Waals surface area contributed by atoms with Gasteiger partial charge in [-0.2, -0.15) is 0 Å². The maximum absolute atomic E-state index is 12.3. The molecule has 8 nitrogen and oxygen atoms in total. The predicted octanol–water partition coefficient (Wildman–Crippen LogP) is 2.19. The van der Waals surface area contributed by atoms with Gasteiger partial charge < -0.3 is 30.0 Å². The van der Waals surface area contributed by atoms with Crippen LogP contribution in [0.15, 0.2) is 33.4 Å². The molecule has 1 aromatic heterocycles. The van der Waals surface area contributed by atoms with Gasteiger partial charge in [-0.25, -0.2) is 0 Å². The summed E-state index contributed by atoms with van der Waals surface area (Å²) in [6.07, 6.45) is 1.13. The normalized spacial score (nSPS) is 15.0. The summed E-state index contributed by atoms with van der Waals surface area (Å²) >= 11 is 3.16. The molecule has 1 fully saturated rings. The summed E-state index contributed by atoms with van der Waals surface area (Å²) in [5, 5.41) is 31.1. The summed E-state index contributed by atoms with van der Waals surface area (Å²) in [5.74, 6) is -2.23. The molecule has 1 aliphatic rings. The van der Waals surface area contributed by atoms with Crippen LogP contribution in [0, 0.1) is 0 Å². The van der Waals surface area contributed by atoms with E-state index in [0.29, 0.717) is 30.6 Å². The van der Waals surface area contributed by atoms with Crippen molar-refractivity contribution in [2.75, 3.05) is 13.1 Å². The summed E-state index contributed by atoms with van der Waals surface area (Å²) in [6, 6.07) is 5.27. The second-order valence-corrected chi connectivity index (χ2v) is 6.79. The minimum Gasteiger partial charge on any atom is -0.504 e. The van der Waals surface area contributed by atoms with Crippen molar-refractivity contribution in [1.82, 2.24) is 10.2 Å². The van der Waals surface area contributed by atoms with Gasteiger partial charge >= 0.3 is 0 Å². The number of halogens is 1. The molecule has 0 radical (unpaired) electrons. The van der Waals surface area contributed by atoms with E-state index in [9.17, 15) is 24.9 Å². The number of nitrogens with zero attached hydrogens (tertiary/aromatic N) is 1. The highest BCUT2D eigenvalue weighted by atomic mass is 79.9. The Kier molecular flexibility index (Phi) is 5.08. The Morgan fingerprint density at radius 3 is 2.27 bits per heavy atom. The number of carbonyl (C=O) groups is 2. The maximum Gasteiger partial charge on any atom is 0.289 e. The monoisotopic (exact) mass is 424 g/mol. The molecule has 2 aromatic rings. The third kappa shape index (κ3) is 3.77. The molecule has 0 aliphatic carbocycles. The highest BCUT2D eigenvalue weighted by molar-refractivity contribution is 9.10. The molecule has 2 amide bonds. The Morgan fingerprint density at radius 2 is 1.73 bits per heavy atom. The summed E-state index contributed by atoms with van der Waals surface area (Å²) in [5.41, 5.74) is 0.0386.